The molecule has 1 aromatic rings. The minimum atomic E-state index is 0.294. The molecule has 0 aromatic carbocycles. The molecule has 3 unspecified atom stereocenters. The molecule has 0 bridgehead atoms. The topological polar surface area (TPSA) is 51.0 Å². The highest BCUT2D eigenvalue weighted by Crippen LogP contribution is 2.36. The highest BCUT2D eigenvalue weighted by Gasteiger charge is 2.34. The molecule has 3 atom stereocenters. The van der Waals surface area contributed by atoms with Gasteiger partial charge in [0.25, 0.3) is 0 Å². The summed E-state index contributed by atoms with van der Waals surface area (Å²) in [6.45, 7) is 2.14. The smallest absolute Gasteiger partial charge is 0.243 e. The third-order valence-corrected chi connectivity index (χ3v) is 4.41. The Morgan fingerprint density at radius 2 is 2.11 bits per heavy atom. The van der Waals surface area contributed by atoms with Gasteiger partial charge in [-0.25, -0.2) is 0 Å². The van der Waals surface area contributed by atoms with Crippen LogP contribution in [-0.4, -0.2) is 16.2 Å². The Morgan fingerprint density at radius 3 is 3.00 bits per heavy atom. The quantitative estimate of drug-likeness (QED) is 0.894. The molecule has 0 amide bonds. The van der Waals surface area contributed by atoms with Gasteiger partial charge in [-0.05, 0) is 38.0 Å². The molecular weight excluding hydrogens is 226 g/mol. The average Bonchev–Trinajstić information content (AvgIpc) is 2.87. The Hall–Kier alpha value is -0.900. The van der Waals surface area contributed by atoms with Crippen LogP contribution in [0.3, 0.4) is 0 Å². The summed E-state index contributed by atoms with van der Waals surface area (Å²) in [6.07, 6.45) is 9.94. The maximum atomic E-state index is 5.41. The zero-order chi connectivity index (χ0) is 12.4. The van der Waals surface area contributed by atoms with E-state index in [1.807, 2.05) is 0 Å². The first kappa shape index (κ1) is 12.2. The van der Waals surface area contributed by atoms with Gasteiger partial charge in [0.05, 0.1) is 6.04 Å². The van der Waals surface area contributed by atoms with Crippen molar-refractivity contribution in [2.45, 2.75) is 70.4 Å². The van der Waals surface area contributed by atoms with Crippen LogP contribution in [0.5, 0.6) is 0 Å². The van der Waals surface area contributed by atoms with E-state index in [2.05, 4.69) is 22.4 Å². The summed E-state index contributed by atoms with van der Waals surface area (Å²) >= 11 is 0. The van der Waals surface area contributed by atoms with Crippen LogP contribution in [0.4, 0.5) is 0 Å². The van der Waals surface area contributed by atoms with Gasteiger partial charge in [0.15, 0.2) is 5.82 Å². The summed E-state index contributed by atoms with van der Waals surface area (Å²) in [4.78, 5) is 4.52. The number of aryl methyl sites for hydroxylation is 1. The van der Waals surface area contributed by atoms with Crippen molar-refractivity contribution >= 4 is 0 Å². The van der Waals surface area contributed by atoms with E-state index in [9.17, 15) is 0 Å². The van der Waals surface area contributed by atoms with Gasteiger partial charge in [0.2, 0.25) is 5.89 Å². The van der Waals surface area contributed by atoms with Crippen molar-refractivity contribution in [2.24, 2.45) is 5.92 Å². The highest BCUT2D eigenvalue weighted by molar-refractivity contribution is 4.98. The fraction of sp³-hybridized carbons (Fsp3) is 0.857. The summed E-state index contributed by atoms with van der Waals surface area (Å²) in [6, 6.07) is 0.974. The van der Waals surface area contributed by atoms with Crippen molar-refractivity contribution in [1.29, 1.82) is 0 Å². The van der Waals surface area contributed by atoms with E-state index in [-0.39, 0.29) is 0 Å². The molecule has 2 heterocycles. The average molecular weight is 249 g/mol. The van der Waals surface area contributed by atoms with Gasteiger partial charge in [0, 0.05) is 12.5 Å². The Balaban J connectivity index is 1.65. The lowest BCUT2D eigenvalue weighted by Crippen LogP contribution is -2.44. The molecule has 1 aromatic heterocycles. The fourth-order valence-corrected chi connectivity index (χ4v) is 3.42. The Labute approximate surface area is 109 Å². The zero-order valence-corrected chi connectivity index (χ0v) is 11.2. The number of nitrogens with zero attached hydrogens (tertiary/aromatic N) is 2. The van der Waals surface area contributed by atoms with E-state index in [0.29, 0.717) is 12.1 Å². The number of fused-ring (bicyclic) bond motifs is 1. The SMILES string of the molecule is CCCc1noc(C2CCC3CCCCC3N2)n1. The molecule has 2 aliphatic rings. The minimum absolute atomic E-state index is 0.294. The van der Waals surface area contributed by atoms with E-state index in [4.69, 9.17) is 4.52 Å². The van der Waals surface area contributed by atoms with Crippen LogP contribution >= 0.6 is 0 Å². The van der Waals surface area contributed by atoms with E-state index < -0.39 is 0 Å². The lowest BCUT2D eigenvalue weighted by Gasteiger charge is -2.39. The predicted octanol–water partition coefficient (Wildman–Crippen LogP) is 3.01. The van der Waals surface area contributed by atoms with Crippen molar-refractivity contribution < 1.29 is 4.52 Å². The molecule has 1 N–H and O–H groups in total. The molecule has 1 aliphatic heterocycles. The van der Waals surface area contributed by atoms with Crippen LogP contribution in [0.25, 0.3) is 0 Å². The first-order chi connectivity index (χ1) is 8.86. The second kappa shape index (κ2) is 5.39. The maximum Gasteiger partial charge on any atom is 0.243 e. The van der Waals surface area contributed by atoms with Crippen molar-refractivity contribution in [2.75, 3.05) is 0 Å². The maximum absolute atomic E-state index is 5.41. The number of rotatable bonds is 3. The van der Waals surface area contributed by atoms with Gasteiger partial charge in [-0.3, -0.25) is 0 Å². The normalized spacial score (nSPS) is 32.2. The lowest BCUT2D eigenvalue weighted by molar-refractivity contribution is 0.158. The van der Waals surface area contributed by atoms with E-state index >= 15 is 0 Å². The van der Waals surface area contributed by atoms with Crippen LogP contribution < -0.4 is 5.32 Å². The largest absolute Gasteiger partial charge is 0.338 e. The molecule has 1 saturated carbocycles. The van der Waals surface area contributed by atoms with Crippen LogP contribution in [0.2, 0.25) is 0 Å². The lowest BCUT2D eigenvalue weighted by atomic mass is 9.78. The molecule has 0 radical (unpaired) electrons. The van der Waals surface area contributed by atoms with Gasteiger partial charge in [-0.2, -0.15) is 4.98 Å². The standard InChI is InChI=1S/C14H23N3O/c1-2-5-13-16-14(18-17-13)12-9-8-10-6-3-4-7-11(10)15-12/h10-12,15H,2-9H2,1H3. The third-order valence-electron chi connectivity index (χ3n) is 4.41. The third kappa shape index (κ3) is 2.44. The Morgan fingerprint density at radius 1 is 1.22 bits per heavy atom. The first-order valence-corrected chi connectivity index (χ1v) is 7.45. The number of hydrogen-bond acceptors (Lipinski definition) is 4. The van der Waals surface area contributed by atoms with Crippen molar-refractivity contribution in [3.05, 3.63) is 11.7 Å². The van der Waals surface area contributed by atoms with Crippen LogP contribution in [0.1, 0.15) is 69.6 Å². The molecule has 4 heteroatoms. The van der Waals surface area contributed by atoms with Gasteiger partial charge in [-0.15, -0.1) is 0 Å². The molecule has 100 valence electrons. The molecule has 2 fully saturated rings. The monoisotopic (exact) mass is 249 g/mol. The number of hydrogen-bond donors (Lipinski definition) is 1. The van der Waals surface area contributed by atoms with E-state index in [0.717, 1.165) is 36.9 Å². The number of nitrogens with one attached hydrogen (secondary N) is 1. The molecule has 1 saturated heterocycles. The Kier molecular flexibility index (Phi) is 3.64. The number of aromatic nitrogens is 2. The molecule has 18 heavy (non-hydrogen) atoms. The Bertz CT molecular complexity index is 390. The van der Waals surface area contributed by atoms with Crippen molar-refractivity contribution in [3.8, 4) is 0 Å². The second-order valence-corrected chi connectivity index (χ2v) is 5.75. The first-order valence-electron chi connectivity index (χ1n) is 7.45. The fourth-order valence-electron chi connectivity index (χ4n) is 3.42. The molecule has 4 nitrogen and oxygen atoms in total. The highest BCUT2D eigenvalue weighted by atomic mass is 16.5. The van der Waals surface area contributed by atoms with Gasteiger partial charge in [-0.1, -0.05) is 24.9 Å². The van der Waals surface area contributed by atoms with Crippen molar-refractivity contribution in [1.82, 2.24) is 15.5 Å². The van der Waals surface area contributed by atoms with Crippen LogP contribution in [0, 0.1) is 5.92 Å². The summed E-state index contributed by atoms with van der Waals surface area (Å²) in [5.41, 5.74) is 0. The molecule has 1 aliphatic carbocycles. The summed E-state index contributed by atoms with van der Waals surface area (Å²) in [7, 11) is 0. The molecular formula is C14H23N3O. The van der Waals surface area contributed by atoms with Crippen LogP contribution in [-0.2, 0) is 6.42 Å². The van der Waals surface area contributed by atoms with Gasteiger partial charge >= 0.3 is 0 Å². The molecule has 3 rings (SSSR count). The number of piperidine rings is 1. The summed E-state index contributed by atoms with van der Waals surface area (Å²) in [5, 5.41) is 7.79. The van der Waals surface area contributed by atoms with Gasteiger partial charge in [0.1, 0.15) is 0 Å². The predicted molar refractivity (Wildman–Crippen MR) is 69.1 cm³/mol. The van der Waals surface area contributed by atoms with E-state index in [1.54, 1.807) is 0 Å². The van der Waals surface area contributed by atoms with Crippen LogP contribution in [0.15, 0.2) is 4.52 Å². The minimum Gasteiger partial charge on any atom is -0.338 e. The summed E-state index contributed by atoms with van der Waals surface area (Å²) in [5.74, 6) is 2.55. The molecule has 0 spiro atoms. The zero-order valence-electron chi connectivity index (χ0n) is 11.2. The van der Waals surface area contributed by atoms with E-state index in [1.165, 1.54) is 32.1 Å². The second-order valence-electron chi connectivity index (χ2n) is 5.75. The van der Waals surface area contributed by atoms with Gasteiger partial charge < -0.3 is 9.84 Å². The van der Waals surface area contributed by atoms with Crippen molar-refractivity contribution in [3.63, 3.8) is 0 Å². The summed E-state index contributed by atoms with van der Waals surface area (Å²) < 4.78 is 5.41.